The van der Waals surface area contributed by atoms with Gasteiger partial charge in [-0.15, -0.1) is 0 Å². The molecule has 3 N–H and O–H groups in total. The highest BCUT2D eigenvalue weighted by Gasteiger charge is 2.30. The van der Waals surface area contributed by atoms with Crippen molar-refractivity contribution >= 4 is 17.7 Å². The van der Waals surface area contributed by atoms with Gasteiger partial charge in [0.2, 0.25) is 11.8 Å². The number of rotatable bonds is 4. The highest BCUT2D eigenvalue weighted by atomic mass is 16.3. The molecule has 0 spiro atoms. The van der Waals surface area contributed by atoms with Crippen LogP contribution in [0.5, 0.6) is 0 Å². The first-order valence-electron chi connectivity index (χ1n) is 6.19. The summed E-state index contributed by atoms with van der Waals surface area (Å²) in [6.07, 6.45) is 1.34. The molecule has 3 amide bonds. The number of likely N-dealkylation sites (N-methyl/N-ethyl adjacent to an activating group) is 1. The van der Waals surface area contributed by atoms with Crippen molar-refractivity contribution in [1.29, 1.82) is 0 Å². The smallest absolute Gasteiger partial charge is 0.268 e. The maximum Gasteiger partial charge on any atom is 0.268 e. The van der Waals surface area contributed by atoms with Crippen molar-refractivity contribution in [2.24, 2.45) is 5.84 Å². The lowest BCUT2D eigenvalue weighted by molar-refractivity contribution is -0.150. The van der Waals surface area contributed by atoms with E-state index in [1.165, 1.54) is 22.1 Å². The van der Waals surface area contributed by atoms with Crippen LogP contribution < -0.4 is 11.3 Å². The number of furan rings is 1. The van der Waals surface area contributed by atoms with Gasteiger partial charge >= 0.3 is 0 Å². The first-order valence-corrected chi connectivity index (χ1v) is 6.19. The molecule has 2 heterocycles. The number of hydrogen-bond acceptors (Lipinski definition) is 5. The summed E-state index contributed by atoms with van der Waals surface area (Å²) < 4.78 is 5.19. The molecule has 0 aliphatic carbocycles. The maximum absolute atomic E-state index is 12.0. The molecule has 108 valence electrons. The standard InChI is InChI=1S/C12H16N4O4/c1-2-15-6-11(18)16(7-10(15)17)5-9-8(3-4-20-9)12(19)14-13/h3-4H,2,5-7,13H2,1H3,(H,14,19). The zero-order valence-corrected chi connectivity index (χ0v) is 11.1. The number of nitrogens with two attached hydrogens (primary N) is 1. The molecule has 0 atom stereocenters. The third-order valence-corrected chi connectivity index (χ3v) is 3.19. The van der Waals surface area contributed by atoms with Crippen LogP contribution in [0.25, 0.3) is 0 Å². The van der Waals surface area contributed by atoms with Gasteiger partial charge in [-0.1, -0.05) is 0 Å². The Balaban J connectivity index is 2.11. The van der Waals surface area contributed by atoms with E-state index in [1.54, 1.807) is 0 Å². The normalized spacial score (nSPS) is 15.7. The van der Waals surface area contributed by atoms with Crippen LogP contribution in [0.1, 0.15) is 23.0 Å². The van der Waals surface area contributed by atoms with Crippen molar-refractivity contribution in [3.05, 3.63) is 23.7 Å². The number of nitrogens with one attached hydrogen (secondary N) is 1. The number of nitrogen functional groups attached to an aromatic ring is 1. The first kappa shape index (κ1) is 14.1. The predicted octanol–water partition coefficient (Wildman–Crippen LogP) is -0.926. The van der Waals surface area contributed by atoms with E-state index in [4.69, 9.17) is 10.3 Å². The van der Waals surface area contributed by atoms with Crippen LogP contribution in [0.15, 0.2) is 16.7 Å². The average molecular weight is 280 g/mol. The second-order valence-electron chi connectivity index (χ2n) is 4.39. The second-order valence-corrected chi connectivity index (χ2v) is 4.39. The zero-order chi connectivity index (χ0) is 14.7. The Labute approximate surface area is 115 Å². The minimum Gasteiger partial charge on any atom is -0.467 e. The van der Waals surface area contributed by atoms with Gasteiger partial charge in [0.05, 0.1) is 24.9 Å². The van der Waals surface area contributed by atoms with E-state index < -0.39 is 5.91 Å². The molecule has 0 bridgehead atoms. The molecule has 1 saturated heterocycles. The molecule has 8 heteroatoms. The Bertz CT molecular complexity index is 539. The Kier molecular flexibility index (Phi) is 4.04. The Morgan fingerprint density at radius 3 is 2.65 bits per heavy atom. The summed E-state index contributed by atoms with van der Waals surface area (Å²) >= 11 is 0. The number of carbonyl (C=O) groups excluding carboxylic acids is 3. The van der Waals surface area contributed by atoms with E-state index in [2.05, 4.69) is 0 Å². The van der Waals surface area contributed by atoms with Gasteiger partial charge in [0.25, 0.3) is 5.91 Å². The summed E-state index contributed by atoms with van der Waals surface area (Å²) in [5, 5.41) is 0. The topological polar surface area (TPSA) is 109 Å². The van der Waals surface area contributed by atoms with Gasteiger partial charge in [0, 0.05) is 6.54 Å². The molecular formula is C12H16N4O4. The van der Waals surface area contributed by atoms with Crippen LogP contribution in [0, 0.1) is 0 Å². The highest BCUT2D eigenvalue weighted by molar-refractivity contribution is 5.95. The first-order chi connectivity index (χ1) is 9.56. The summed E-state index contributed by atoms with van der Waals surface area (Å²) in [5.41, 5.74) is 2.26. The van der Waals surface area contributed by atoms with Crippen LogP contribution in [0.3, 0.4) is 0 Å². The number of carbonyl (C=O) groups is 3. The molecule has 20 heavy (non-hydrogen) atoms. The molecule has 0 unspecified atom stereocenters. The zero-order valence-electron chi connectivity index (χ0n) is 11.1. The van der Waals surface area contributed by atoms with Gasteiger partial charge in [-0.3, -0.25) is 19.8 Å². The minimum absolute atomic E-state index is 0.0168. The lowest BCUT2D eigenvalue weighted by atomic mass is 10.2. The molecule has 0 saturated carbocycles. The number of nitrogens with zero attached hydrogens (tertiary/aromatic N) is 2. The van der Waals surface area contributed by atoms with Crippen molar-refractivity contribution in [1.82, 2.24) is 15.2 Å². The molecule has 8 nitrogen and oxygen atoms in total. The van der Waals surface area contributed by atoms with Crippen LogP contribution in [-0.4, -0.2) is 47.2 Å². The Morgan fingerprint density at radius 2 is 2.00 bits per heavy atom. The van der Waals surface area contributed by atoms with Gasteiger partial charge in [-0.25, -0.2) is 5.84 Å². The molecule has 1 aromatic heterocycles. The molecular weight excluding hydrogens is 264 g/mol. The Hall–Kier alpha value is -2.35. The number of piperazine rings is 1. The fraction of sp³-hybridized carbons (Fsp3) is 0.417. The molecule has 1 aliphatic rings. The summed E-state index contributed by atoms with van der Waals surface area (Å²) in [5.74, 6) is 4.57. The Morgan fingerprint density at radius 1 is 1.35 bits per heavy atom. The minimum atomic E-state index is -0.500. The van der Waals surface area contributed by atoms with Crippen LogP contribution in [0.2, 0.25) is 0 Å². The van der Waals surface area contributed by atoms with E-state index >= 15 is 0 Å². The van der Waals surface area contributed by atoms with Gasteiger partial charge in [-0.2, -0.15) is 0 Å². The van der Waals surface area contributed by atoms with E-state index in [-0.39, 0.29) is 37.0 Å². The van der Waals surface area contributed by atoms with Crippen LogP contribution in [0.4, 0.5) is 0 Å². The van der Waals surface area contributed by atoms with Gasteiger partial charge in [0.15, 0.2) is 0 Å². The molecule has 1 aromatic rings. The molecule has 2 rings (SSSR count). The van der Waals surface area contributed by atoms with Crippen LogP contribution >= 0.6 is 0 Å². The molecule has 1 fully saturated rings. The third-order valence-electron chi connectivity index (χ3n) is 3.19. The van der Waals surface area contributed by atoms with E-state index in [0.29, 0.717) is 12.3 Å². The molecule has 0 radical (unpaired) electrons. The third kappa shape index (κ3) is 2.64. The second kappa shape index (κ2) is 5.74. The van der Waals surface area contributed by atoms with E-state index in [0.717, 1.165) is 0 Å². The summed E-state index contributed by atoms with van der Waals surface area (Å²) in [6.45, 7) is 2.42. The van der Waals surface area contributed by atoms with Crippen molar-refractivity contribution in [3.8, 4) is 0 Å². The molecule has 0 aromatic carbocycles. The van der Waals surface area contributed by atoms with Crippen molar-refractivity contribution in [2.45, 2.75) is 13.5 Å². The van der Waals surface area contributed by atoms with Crippen LogP contribution in [-0.2, 0) is 16.1 Å². The number of amides is 3. The van der Waals surface area contributed by atoms with Gasteiger partial charge < -0.3 is 14.2 Å². The summed E-state index contributed by atoms with van der Waals surface area (Å²) in [7, 11) is 0. The SMILES string of the molecule is CCN1CC(=O)N(Cc2occc2C(=O)NN)CC1=O. The quantitative estimate of drug-likeness (QED) is 0.421. The van der Waals surface area contributed by atoms with E-state index in [9.17, 15) is 14.4 Å². The van der Waals surface area contributed by atoms with Crippen molar-refractivity contribution < 1.29 is 18.8 Å². The fourth-order valence-electron chi connectivity index (χ4n) is 2.05. The molecule has 1 aliphatic heterocycles. The number of hydrazine groups is 1. The fourth-order valence-corrected chi connectivity index (χ4v) is 2.05. The average Bonchev–Trinajstić information content (AvgIpc) is 2.89. The van der Waals surface area contributed by atoms with Crippen molar-refractivity contribution in [3.63, 3.8) is 0 Å². The summed E-state index contributed by atoms with van der Waals surface area (Å²) in [4.78, 5) is 38.1. The van der Waals surface area contributed by atoms with Crippen molar-refractivity contribution in [2.75, 3.05) is 19.6 Å². The summed E-state index contributed by atoms with van der Waals surface area (Å²) in [6, 6.07) is 1.46. The van der Waals surface area contributed by atoms with Gasteiger partial charge in [0.1, 0.15) is 12.3 Å². The van der Waals surface area contributed by atoms with Gasteiger partial charge in [-0.05, 0) is 13.0 Å². The number of hydrogen-bond donors (Lipinski definition) is 2. The largest absolute Gasteiger partial charge is 0.467 e. The predicted molar refractivity (Wildman–Crippen MR) is 68.0 cm³/mol. The van der Waals surface area contributed by atoms with E-state index in [1.807, 2.05) is 12.3 Å². The maximum atomic E-state index is 12.0. The lowest BCUT2D eigenvalue weighted by Crippen LogP contribution is -2.53. The lowest BCUT2D eigenvalue weighted by Gasteiger charge is -2.32. The highest BCUT2D eigenvalue weighted by Crippen LogP contribution is 2.15. The monoisotopic (exact) mass is 280 g/mol.